The molecule has 7 nitrogen and oxygen atoms in total. The summed E-state index contributed by atoms with van der Waals surface area (Å²) in [6.07, 6.45) is 0. The summed E-state index contributed by atoms with van der Waals surface area (Å²) in [5.74, 6) is -1.24. The minimum Gasteiger partial charge on any atom is -0.507 e. The van der Waals surface area contributed by atoms with E-state index in [-0.39, 0.29) is 16.5 Å². The first-order valence-corrected chi connectivity index (χ1v) is 11.8. The number of aromatic nitrogens is 1. The second-order valence-electron chi connectivity index (χ2n) is 8.24. The van der Waals surface area contributed by atoms with Gasteiger partial charge in [0.05, 0.1) is 36.1 Å². The number of hydrogen-bond acceptors (Lipinski definition) is 7. The predicted molar refractivity (Wildman–Crippen MR) is 135 cm³/mol. The molecule has 36 heavy (non-hydrogen) atoms. The average Bonchev–Trinajstić information content (AvgIpc) is 3.41. The lowest BCUT2D eigenvalue weighted by atomic mass is 9.95. The minimum atomic E-state index is -1.00. The molecule has 9 heteroatoms. The van der Waals surface area contributed by atoms with Gasteiger partial charge in [0.2, 0.25) is 0 Å². The van der Waals surface area contributed by atoms with Crippen LogP contribution in [-0.4, -0.2) is 36.0 Å². The molecule has 2 heterocycles. The Bertz CT molecular complexity index is 1540. The van der Waals surface area contributed by atoms with Gasteiger partial charge in [-0.1, -0.05) is 23.5 Å². The van der Waals surface area contributed by atoms with Crippen molar-refractivity contribution in [2.75, 3.05) is 19.1 Å². The molecule has 1 fully saturated rings. The van der Waals surface area contributed by atoms with Gasteiger partial charge in [-0.25, -0.2) is 9.37 Å². The number of carbonyl (C=O) groups is 2. The number of anilines is 1. The number of ketones is 1. The zero-order valence-corrected chi connectivity index (χ0v) is 20.4. The van der Waals surface area contributed by atoms with Crippen LogP contribution < -0.4 is 14.4 Å². The van der Waals surface area contributed by atoms with Gasteiger partial charge in [0, 0.05) is 5.56 Å². The summed E-state index contributed by atoms with van der Waals surface area (Å²) in [5.41, 5.74) is 2.08. The number of thiazole rings is 1. The normalized spacial score (nSPS) is 17.1. The molecule has 1 atom stereocenters. The summed E-state index contributed by atoms with van der Waals surface area (Å²) < 4.78 is 25.1. The number of Topliss-reactive ketones (excluding diaryl/α,β-unsaturated/α-hetero) is 1. The molecule has 1 aliphatic rings. The van der Waals surface area contributed by atoms with Gasteiger partial charge in [-0.3, -0.25) is 14.5 Å². The van der Waals surface area contributed by atoms with E-state index in [0.29, 0.717) is 28.1 Å². The van der Waals surface area contributed by atoms with Crippen molar-refractivity contribution in [2.24, 2.45) is 0 Å². The molecule has 3 aromatic carbocycles. The minimum absolute atomic E-state index is 0.104. The van der Waals surface area contributed by atoms with E-state index >= 15 is 0 Å². The molecule has 0 unspecified atom stereocenters. The average molecular weight is 505 g/mol. The molecule has 5 rings (SSSR count). The lowest BCUT2D eigenvalue weighted by Crippen LogP contribution is -2.29. The second kappa shape index (κ2) is 9.09. The topological polar surface area (TPSA) is 89.0 Å². The molecule has 0 aliphatic carbocycles. The maximum atomic E-state index is 13.8. The molecule has 0 saturated carbocycles. The van der Waals surface area contributed by atoms with Gasteiger partial charge in [-0.15, -0.1) is 0 Å². The quantitative estimate of drug-likeness (QED) is 0.223. The highest BCUT2D eigenvalue weighted by atomic mass is 32.1. The van der Waals surface area contributed by atoms with Crippen LogP contribution in [0.25, 0.3) is 16.0 Å². The fraction of sp³-hybridized carbons (Fsp3) is 0.148. The third kappa shape index (κ3) is 3.87. The smallest absolute Gasteiger partial charge is 0.301 e. The molecule has 4 aromatic rings. The van der Waals surface area contributed by atoms with Crippen molar-refractivity contribution in [3.63, 3.8) is 0 Å². The van der Waals surface area contributed by atoms with E-state index in [2.05, 4.69) is 4.98 Å². The van der Waals surface area contributed by atoms with Crippen LogP contribution in [0, 0.1) is 12.7 Å². The molecule has 1 N–H and O–H groups in total. The number of carbonyl (C=O) groups excluding carboxylic acids is 2. The molecule has 1 aromatic heterocycles. The van der Waals surface area contributed by atoms with Crippen LogP contribution in [0.2, 0.25) is 0 Å². The Hall–Kier alpha value is -4.24. The van der Waals surface area contributed by atoms with Gasteiger partial charge >= 0.3 is 5.91 Å². The number of aryl methyl sites for hydroxylation is 1. The zero-order valence-electron chi connectivity index (χ0n) is 19.6. The van der Waals surface area contributed by atoms with E-state index in [0.717, 1.165) is 10.3 Å². The molecule has 0 bridgehead atoms. The number of methoxy groups -OCH3 is 2. The number of nitrogens with zero attached hydrogens (tertiary/aromatic N) is 2. The van der Waals surface area contributed by atoms with E-state index < -0.39 is 23.5 Å². The molecular formula is C27H21FN2O5S. The maximum absolute atomic E-state index is 13.8. The SMILES string of the molecule is COc1ccc2nc(N3C(=O)C(=O)/C(=C(/O)c4ccc(OC)c(C)c4)[C@H]3c3ccc(F)cc3)sc2c1. The first-order chi connectivity index (χ1) is 17.3. The van der Waals surface area contributed by atoms with Gasteiger partial charge in [0.25, 0.3) is 5.78 Å². The molecule has 1 amide bonds. The van der Waals surface area contributed by atoms with Crippen LogP contribution in [0.4, 0.5) is 9.52 Å². The Kier molecular flexibility index (Phi) is 5.93. The highest BCUT2D eigenvalue weighted by Crippen LogP contribution is 2.44. The summed E-state index contributed by atoms with van der Waals surface area (Å²) in [6, 6.07) is 14.7. The van der Waals surface area contributed by atoms with Crippen molar-refractivity contribution in [1.82, 2.24) is 4.98 Å². The molecule has 1 aliphatic heterocycles. The summed E-state index contributed by atoms with van der Waals surface area (Å²) in [4.78, 5) is 32.5. The van der Waals surface area contributed by atoms with Crippen molar-refractivity contribution in [3.8, 4) is 11.5 Å². The molecular weight excluding hydrogens is 483 g/mol. The second-order valence-corrected chi connectivity index (χ2v) is 9.24. The fourth-order valence-corrected chi connectivity index (χ4v) is 5.32. The lowest BCUT2D eigenvalue weighted by Gasteiger charge is -2.23. The highest BCUT2D eigenvalue weighted by molar-refractivity contribution is 7.22. The summed E-state index contributed by atoms with van der Waals surface area (Å²) in [7, 11) is 3.09. The van der Waals surface area contributed by atoms with Gasteiger partial charge in [0.15, 0.2) is 5.13 Å². The predicted octanol–water partition coefficient (Wildman–Crippen LogP) is 5.39. The summed E-state index contributed by atoms with van der Waals surface area (Å²) in [6.45, 7) is 1.81. The number of benzene rings is 3. The number of aliphatic hydroxyl groups is 1. The van der Waals surface area contributed by atoms with Crippen LogP contribution in [0.15, 0.2) is 66.2 Å². The Morgan fingerprint density at radius 1 is 1.03 bits per heavy atom. The van der Waals surface area contributed by atoms with E-state index in [1.807, 2.05) is 0 Å². The Labute approximate surface area is 210 Å². The standard InChI is InChI=1S/C27H21FN2O5S/c1-14-12-16(6-11-20(14)35-3)24(31)22-23(15-4-7-17(28)8-5-15)30(26(33)25(22)32)27-29-19-10-9-18(34-2)13-21(19)36-27/h4-13,23,31H,1-3H3/b24-22+/t23-/m1/s1. The van der Waals surface area contributed by atoms with E-state index in [9.17, 15) is 19.1 Å². The van der Waals surface area contributed by atoms with Crippen molar-refractivity contribution >= 4 is 44.1 Å². The number of ether oxygens (including phenoxy) is 2. The third-order valence-electron chi connectivity index (χ3n) is 6.09. The first-order valence-electron chi connectivity index (χ1n) is 11.0. The number of amides is 1. The van der Waals surface area contributed by atoms with Crippen LogP contribution >= 0.6 is 11.3 Å². The highest BCUT2D eigenvalue weighted by Gasteiger charge is 2.48. The zero-order chi connectivity index (χ0) is 25.6. The van der Waals surface area contributed by atoms with E-state index in [4.69, 9.17) is 9.47 Å². The monoisotopic (exact) mass is 504 g/mol. The fourth-order valence-electron chi connectivity index (χ4n) is 4.29. The number of halogens is 1. The summed E-state index contributed by atoms with van der Waals surface area (Å²) >= 11 is 1.22. The van der Waals surface area contributed by atoms with Crippen molar-refractivity contribution in [3.05, 3.63) is 88.7 Å². The number of hydrogen-bond donors (Lipinski definition) is 1. The van der Waals surface area contributed by atoms with Gasteiger partial charge in [-0.05, 0) is 66.6 Å². The summed E-state index contributed by atoms with van der Waals surface area (Å²) in [5, 5.41) is 11.6. The molecule has 0 spiro atoms. The van der Waals surface area contributed by atoms with Crippen molar-refractivity contribution < 1.29 is 28.6 Å². The van der Waals surface area contributed by atoms with Crippen molar-refractivity contribution in [1.29, 1.82) is 0 Å². The van der Waals surface area contributed by atoms with Crippen molar-refractivity contribution in [2.45, 2.75) is 13.0 Å². The largest absolute Gasteiger partial charge is 0.507 e. The lowest BCUT2D eigenvalue weighted by molar-refractivity contribution is -0.132. The van der Waals surface area contributed by atoms with Gasteiger partial charge in [-0.2, -0.15) is 0 Å². The molecule has 1 saturated heterocycles. The molecule has 0 radical (unpaired) electrons. The van der Waals surface area contributed by atoms with E-state index in [1.165, 1.54) is 47.6 Å². The Morgan fingerprint density at radius 3 is 2.44 bits per heavy atom. The Balaban J connectivity index is 1.71. The van der Waals surface area contributed by atoms with Gasteiger partial charge in [0.1, 0.15) is 23.1 Å². The third-order valence-corrected chi connectivity index (χ3v) is 7.11. The molecule has 182 valence electrons. The van der Waals surface area contributed by atoms with E-state index in [1.54, 1.807) is 50.4 Å². The number of fused-ring (bicyclic) bond motifs is 1. The number of rotatable bonds is 5. The number of aliphatic hydroxyl groups excluding tert-OH is 1. The van der Waals surface area contributed by atoms with Crippen LogP contribution in [-0.2, 0) is 9.59 Å². The van der Waals surface area contributed by atoms with Crippen LogP contribution in [0.3, 0.4) is 0 Å². The van der Waals surface area contributed by atoms with Crippen LogP contribution in [0.1, 0.15) is 22.7 Å². The van der Waals surface area contributed by atoms with Gasteiger partial charge < -0.3 is 14.6 Å². The van der Waals surface area contributed by atoms with Crippen LogP contribution in [0.5, 0.6) is 11.5 Å². The first kappa shape index (κ1) is 23.5. The Morgan fingerprint density at radius 2 is 1.78 bits per heavy atom. The maximum Gasteiger partial charge on any atom is 0.301 e.